The van der Waals surface area contributed by atoms with E-state index in [4.69, 9.17) is 0 Å². The summed E-state index contributed by atoms with van der Waals surface area (Å²) in [6.45, 7) is 3.37. The Morgan fingerprint density at radius 1 is 1.14 bits per heavy atom. The normalized spacial score (nSPS) is 17.3. The predicted molar refractivity (Wildman–Crippen MR) is 82.3 cm³/mol. The Labute approximate surface area is 130 Å². The smallest absolute Gasteiger partial charge is 0.227 e. The van der Waals surface area contributed by atoms with Gasteiger partial charge in [0.1, 0.15) is 5.82 Å². The molecule has 22 heavy (non-hydrogen) atoms. The quantitative estimate of drug-likeness (QED) is 0.836. The number of carbonyl (C=O) groups is 1. The summed E-state index contributed by atoms with van der Waals surface area (Å²) in [5.74, 6) is -0.301. The molecule has 1 aromatic carbocycles. The Morgan fingerprint density at radius 3 is 2.45 bits per heavy atom. The molecule has 7 heteroatoms. The summed E-state index contributed by atoms with van der Waals surface area (Å²) in [5, 5.41) is 0. The van der Waals surface area contributed by atoms with Crippen molar-refractivity contribution in [2.75, 3.05) is 31.9 Å². The summed E-state index contributed by atoms with van der Waals surface area (Å²) in [6, 6.07) is 5.86. The summed E-state index contributed by atoms with van der Waals surface area (Å²) in [6.07, 6.45) is 0.842. The Morgan fingerprint density at radius 2 is 1.82 bits per heavy atom. The van der Waals surface area contributed by atoms with E-state index >= 15 is 0 Å². The zero-order chi connectivity index (χ0) is 16.2. The summed E-state index contributed by atoms with van der Waals surface area (Å²) >= 11 is 0. The fourth-order valence-corrected chi connectivity index (χ4v) is 3.62. The highest BCUT2D eigenvalue weighted by atomic mass is 32.2. The molecule has 0 unspecified atom stereocenters. The van der Waals surface area contributed by atoms with Crippen LogP contribution in [-0.2, 0) is 21.2 Å². The van der Waals surface area contributed by atoms with Gasteiger partial charge >= 0.3 is 0 Å². The second kappa shape index (κ2) is 7.19. The molecule has 0 aliphatic carbocycles. The minimum atomic E-state index is -3.20. The van der Waals surface area contributed by atoms with Crippen LogP contribution in [0.1, 0.15) is 18.9 Å². The SMILES string of the molecule is CCS(=O)(=O)N1CCCN(C(=O)Cc2ccc(F)cc2)CC1. The van der Waals surface area contributed by atoms with Crippen LogP contribution >= 0.6 is 0 Å². The number of amides is 1. The highest BCUT2D eigenvalue weighted by molar-refractivity contribution is 7.89. The molecule has 1 aliphatic heterocycles. The van der Waals surface area contributed by atoms with Gasteiger partial charge in [-0.1, -0.05) is 12.1 Å². The monoisotopic (exact) mass is 328 g/mol. The molecule has 1 amide bonds. The van der Waals surface area contributed by atoms with Crippen molar-refractivity contribution in [3.8, 4) is 0 Å². The van der Waals surface area contributed by atoms with Gasteiger partial charge < -0.3 is 4.90 Å². The molecular weight excluding hydrogens is 307 g/mol. The minimum Gasteiger partial charge on any atom is -0.341 e. The lowest BCUT2D eigenvalue weighted by Crippen LogP contribution is -2.38. The summed E-state index contributed by atoms with van der Waals surface area (Å²) < 4.78 is 38.1. The molecule has 1 aromatic rings. The van der Waals surface area contributed by atoms with E-state index in [1.165, 1.54) is 16.4 Å². The van der Waals surface area contributed by atoms with Gasteiger partial charge in [0.15, 0.2) is 0 Å². The zero-order valence-electron chi connectivity index (χ0n) is 12.7. The first-order valence-corrected chi connectivity index (χ1v) is 9.03. The maximum absolute atomic E-state index is 12.9. The molecule has 1 aliphatic rings. The van der Waals surface area contributed by atoms with E-state index in [-0.39, 0.29) is 23.9 Å². The predicted octanol–water partition coefficient (Wildman–Crippen LogP) is 1.25. The van der Waals surface area contributed by atoms with Crippen molar-refractivity contribution in [2.24, 2.45) is 0 Å². The number of hydrogen-bond acceptors (Lipinski definition) is 3. The van der Waals surface area contributed by atoms with Gasteiger partial charge in [0, 0.05) is 26.2 Å². The Bertz CT molecular complexity index is 616. The van der Waals surface area contributed by atoms with Crippen molar-refractivity contribution >= 4 is 15.9 Å². The van der Waals surface area contributed by atoms with E-state index in [2.05, 4.69) is 0 Å². The average Bonchev–Trinajstić information content (AvgIpc) is 2.76. The average molecular weight is 328 g/mol. The highest BCUT2D eigenvalue weighted by Gasteiger charge is 2.25. The van der Waals surface area contributed by atoms with Crippen molar-refractivity contribution in [3.63, 3.8) is 0 Å². The number of hydrogen-bond donors (Lipinski definition) is 0. The number of sulfonamides is 1. The van der Waals surface area contributed by atoms with E-state index < -0.39 is 10.0 Å². The molecule has 2 rings (SSSR count). The van der Waals surface area contributed by atoms with E-state index in [0.717, 1.165) is 5.56 Å². The van der Waals surface area contributed by atoms with Crippen LogP contribution in [0.3, 0.4) is 0 Å². The van der Waals surface area contributed by atoms with E-state index in [1.807, 2.05) is 0 Å². The number of benzene rings is 1. The topological polar surface area (TPSA) is 57.7 Å². The molecule has 0 aromatic heterocycles. The van der Waals surface area contributed by atoms with Gasteiger partial charge in [-0.05, 0) is 31.0 Å². The van der Waals surface area contributed by atoms with Crippen LogP contribution in [-0.4, -0.2) is 55.5 Å². The van der Waals surface area contributed by atoms with Crippen LogP contribution in [0.15, 0.2) is 24.3 Å². The van der Waals surface area contributed by atoms with Gasteiger partial charge in [0.25, 0.3) is 0 Å². The van der Waals surface area contributed by atoms with Gasteiger partial charge in [-0.2, -0.15) is 0 Å². The van der Waals surface area contributed by atoms with E-state index in [0.29, 0.717) is 32.6 Å². The van der Waals surface area contributed by atoms with Gasteiger partial charge in [0.05, 0.1) is 12.2 Å². The second-order valence-electron chi connectivity index (χ2n) is 5.34. The zero-order valence-corrected chi connectivity index (χ0v) is 13.5. The first kappa shape index (κ1) is 16.9. The van der Waals surface area contributed by atoms with Crippen LogP contribution < -0.4 is 0 Å². The van der Waals surface area contributed by atoms with Crippen molar-refractivity contribution in [3.05, 3.63) is 35.6 Å². The molecule has 0 spiro atoms. The van der Waals surface area contributed by atoms with Gasteiger partial charge in [-0.15, -0.1) is 0 Å². The van der Waals surface area contributed by atoms with Gasteiger partial charge in [-0.25, -0.2) is 17.1 Å². The lowest BCUT2D eigenvalue weighted by Gasteiger charge is -2.21. The molecule has 122 valence electrons. The molecular formula is C15H21FN2O3S. The first-order valence-electron chi connectivity index (χ1n) is 7.42. The molecule has 0 bridgehead atoms. The fraction of sp³-hybridized carbons (Fsp3) is 0.533. The Kier molecular flexibility index (Phi) is 5.52. The van der Waals surface area contributed by atoms with E-state index in [9.17, 15) is 17.6 Å². The van der Waals surface area contributed by atoms with E-state index in [1.54, 1.807) is 24.0 Å². The first-order chi connectivity index (χ1) is 10.4. The lowest BCUT2D eigenvalue weighted by atomic mass is 10.1. The molecule has 0 atom stereocenters. The number of rotatable bonds is 4. The third-order valence-electron chi connectivity index (χ3n) is 3.83. The maximum atomic E-state index is 12.9. The maximum Gasteiger partial charge on any atom is 0.227 e. The largest absolute Gasteiger partial charge is 0.341 e. The van der Waals surface area contributed by atoms with Crippen LogP contribution in [0.25, 0.3) is 0 Å². The molecule has 1 heterocycles. The van der Waals surface area contributed by atoms with Crippen molar-refractivity contribution in [1.29, 1.82) is 0 Å². The third-order valence-corrected chi connectivity index (χ3v) is 5.72. The van der Waals surface area contributed by atoms with Gasteiger partial charge in [-0.3, -0.25) is 4.79 Å². The number of carbonyl (C=O) groups excluding carboxylic acids is 1. The molecule has 1 fully saturated rings. The number of halogens is 1. The third kappa shape index (κ3) is 4.27. The van der Waals surface area contributed by atoms with Crippen LogP contribution in [0, 0.1) is 5.82 Å². The molecule has 0 N–H and O–H groups in total. The molecule has 1 saturated heterocycles. The van der Waals surface area contributed by atoms with Crippen molar-refractivity contribution in [1.82, 2.24) is 9.21 Å². The highest BCUT2D eigenvalue weighted by Crippen LogP contribution is 2.11. The number of nitrogens with zero attached hydrogens (tertiary/aromatic N) is 2. The second-order valence-corrected chi connectivity index (χ2v) is 7.59. The molecule has 0 saturated carbocycles. The molecule has 0 radical (unpaired) electrons. The Balaban J connectivity index is 1.96. The Hall–Kier alpha value is -1.47. The molecule has 5 nitrogen and oxygen atoms in total. The standard InChI is InChI=1S/C15H21FN2O3S/c1-2-22(20,21)18-9-3-8-17(10-11-18)15(19)12-13-4-6-14(16)7-5-13/h4-7H,2-3,8-12H2,1H3. The lowest BCUT2D eigenvalue weighted by molar-refractivity contribution is -0.130. The fourth-order valence-electron chi connectivity index (χ4n) is 2.49. The van der Waals surface area contributed by atoms with Crippen molar-refractivity contribution < 1.29 is 17.6 Å². The van der Waals surface area contributed by atoms with Crippen LogP contribution in [0.4, 0.5) is 4.39 Å². The van der Waals surface area contributed by atoms with Crippen LogP contribution in [0.2, 0.25) is 0 Å². The van der Waals surface area contributed by atoms with Crippen LogP contribution in [0.5, 0.6) is 0 Å². The summed E-state index contributed by atoms with van der Waals surface area (Å²) in [4.78, 5) is 14.0. The summed E-state index contributed by atoms with van der Waals surface area (Å²) in [5.41, 5.74) is 0.758. The minimum absolute atomic E-state index is 0.0534. The summed E-state index contributed by atoms with van der Waals surface area (Å²) in [7, 11) is -3.20. The van der Waals surface area contributed by atoms with Crippen molar-refractivity contribution in [2.45, 2.75) is 19.8 Å². The van der Waals surface area contributed by atoms with Gasteiger partial charge in [0.2, 0.25) is 15.9 Å².